The summed E-state index contributed by atoms with van der Waals surface area (Å²) in [6.07, 6.45) is -1.54. The zero-order valence-electron chi connectivity index (χ0n) is 9.26. The van der Waals surface area contributed by atoms with Crippen molar-refractivity contribution in [1.29, 1.82) is 0 Å². The van der Waals surface area contributed by atoms with E-state index in [-0.39, 0.29) is 6.10 Å². The number of fused-ring (bicyclic) bond motifs is 3. The second-order valence-electron chi connectivity index (χ2n) is 4.75. The fraction of sp³-hybridized carbons (Fsp3) is 0.538. The molecule has 1 heterocycles. The summed E-state index contributed by atoms with van der Waals surface area (Å²) in [5, 5.41) is 0. The number of hydrogen-bond donors (Lipinski definition) is 0. The lowest BCUT2D eigenvalue weighted by molar-refractivity contribution is -0.137. The lowest BCUT2D eigenvalue weighted by atomic mass is 9.80. The highest BCUT2D eigenvalue weighted by Gasteiger charge is 2.36. The van der Waals surface area contributed by atoms with E-state index < -0.39 is 11.7 Å². The van der Waals surface area contributed by atoms with Gasteiger partial charge in [0.1, 0.15) is 0 Å². The van der Waals surface area contributed by atoms with E-state index in [1.165, 1.54) is 12.1 Å². The van der Waals surface area contributed by atoms with Crippen LogP contribution in [0.5, 0.6) is 0 Å². The molecule has 92 valence electrons. The first-order valence-corrected chi connectivity index (χ1v) is 5.87. The van der Waals surface area contributed by atoms with E-state index in [0.29, 0.717) is 12.3 Å². The van der Waals surface area contributed by atoms with Gasteiger partial charge in [0, 0.05) is 12.5 Å². The second kappa shape index (κ2) is 3.73. The summed E-state index contributed by atoms with van der Waals surface area (Å²) in [5.41, 5.74) is 1.38. The first-order valence-electron chi connectivity index (χ1n) is 5.87. The van der Waals surface area contributed by atoms with Crippen LogP contribution in [-0.2, 0) is 17.3 Å². The van der Waals surface area contributed by atoms with Gasteiger partial charge in [0.05, 0.1) is 11.7 Å². The highest BCUT2D eigenvalue weighted by molar-refractivity contribution is 5.39. The molecule has 0 amide bonds. The number of ether oxygens (including phenoxy) is 1. The third-order valence-electron chi connectivity index (χ3n) is 3.78. The number of aryl methyl sites for hydroxylation is 1. The molecule has 1 aliphatic heterocycles. The van der Waals surface area contributed by atoms with E-state index in [1.807, 2.05) is 0 Å². The van der Waals surface area contributed by atoms with Gasteiger partial charge in [0.2, 0.25) is 0 Å². The Balaban J connectivity index is 2.00. The van der Waals surface area contributed by atoms with Gasteiger partial charge in [-0.05, 0) is 42.5 Å². The minimum absolute atomic E-state index is 0.222. The predicted octanol–water partition coefficient (Wildman–Crippen LogP) is 3.52. The number of halogens is 3. The fourth-order valence-corrected chi connectivity index (χ4v) is 2.95. The third kappa shape index (κ3) is 1.84. The molecule has 0 radical (unpaired) electrons. The predicted molar refractivity (Wildman–Crippen MR) is 56.9 cm³/mol. The highest BCUT2D eigenvalue weighted by atomic mass is 19.4. The van der Waals surface area contributed by atoms with Gasteiger partial charge in [-0.25, -0.2) is 0 Å². The zero-order chi connectivity index (χ0) is 12.0. The zero-order valence-corrected chi connectivity index (χ0v) is 9.26. The molecule has 2 atom stereocenters. The summed E-state index contributed by atoms with van der Waals surface area (Å²) in [4.78, 5) is 0. The Kier molecular flexibility index (Phi) is 2.43. The summed E-state index contributed by atoms with van der Waals surface area (Å²) >= 11 is 0. The Hall–Kier alpha value is -1.03. The molecule has 0 N–H and O–H groups in total. The van der Waals surface area contributed by atoms with Gasteiger partial charge in [-0.15, -0.1) is 0 Å². The normalized spacial score (nSPS) is 27.7. The van der Waals surface area contributed by atoms with Gasteiger partial charge in [-0.3, -0.25) is 0 Å². The summed E-state index contributed by atoms with van der Waals surface area (Å²) in [6.45, 7) is 0.732. The topological polar surface area (TPSA) is 9.23 Å². The fourth-order valence-electron chi connectivity index (χ4n) is 2.95. The van der Waals surface area contributed by atoms with Crippen LogP contribution in [0, 0.1) is 0 Å². The Morgan fingerprint density at radius 1 is 1.18 bits per heavy atom. The van der Waals surface area contributed by atoms with E-state index in [0.717, 1.165) is 30.6 Å². The van der Waals surface area contributed by atoms with Crippen molar-refractivity contribution in [2.45, 2.75) is 37.5 Å². The summed E-state index contributed by atoms with van der Waals surface area (Å²) in [5.74, 6) is 0.307. The second-order valence-corrected chi connectivity index (χ2v) is 4.75. The van der Waals surface area contributed by atoms with Gasteiger partial charge >= 0.3 is 6.18 Å². The Labute approximate surface area is 97.6 Å². The quantitative estimate of drug-likeness (QED) is 0.676. The van der Waals surface area contributed by atoms with Crippen LogP contribution < -0.4 is 0 Å². The van der Waals surface area contributed by atoms with Crippen LogP contribution in [0.2, 0.25) is 0 Å². The van der Waals surface area contributed by atoms with Crippen molar-refractivity contribution < 1.29 is 17.9 Å². The maximum absolute atomic E-state index is 12.6. The summed E-state index contributed by atoms with van der Waals surface area (Å²) in [6, 6.07) is 4.15. The molecule has 1 aromatic rings. The molecule has 1 fully saturated rings. The molecule has 1 nitrogen and oxygen atoms in total. The van der Waals surface area contributed by atoms with E-state index in [4.69, 9.17) is 4.74 Å². The Bertz CT molecular complexity index is 439. The number of alkyl halides is 3. The maximum Gasteiger partial charge on any atom is 0.416 e. The third-order valence-corrected chi connectivity index (χ3v) is 3.78. The van der Waals surface area contributed by atoms with Crippen molar-refractivity contribution in [3.05, 3.63) is 34.9 Å². The average molecular weight is 242 g/mol. The van der Waals surface area contributed by atoms with Crippen molar-refractivity contribution in [1.82, 2.24) is 0 Å². The molecule has 0 spiro atoms. The van der Waals surface area contributed by atoms with Gasteiger partial charge in [-0.2, -0.15) is 13.2 Å². The van der Waals surface area contributed by atoms with Gasteiger partial charge in [-0.1, -0.05) is 6.07 Å². The molecule has 0 aromatic heterocycles. The number of benzene rings is 1. The van der Waals surface area contributed by atoms with Crippen LogP contribution in [0.4, 0.5) is 13.2 Å². The SMILES string of the molecule is FC(F)(F)c1ccc2c(c1)CC[C@@H]1OCC[C@H]21. The molecule has 1 aliphatic carbocycles. The molecular formula is C13H13F3O. The van der Waals surface area contributed by atoms with Gasteiger partial charge < -0.3 is 4.74 Å². The van der Waals surface area contributed by atoms with Crippen LogP contribution in [0.3, 0.4) is 0 Å². The Morgan fingerprint density at radius 3 is 2.76 bits per heavy atom. The molecule has 17 heavy (non-hydrogen) atoms. The minimum atomic E-state index is -4.24. The average Bonchev–Trinajstić information content (AvgIpc) is 2.75. The van der Waals surface area contributed by atoms with Crippen LogP contribution in [0.15, 0.2) is 18.2 Å². The first kappa shape index (κ1) is 11.1. The molecule has 0 bridgehead atoms. The van der Waals surface area contributed by atoms with Crippen molar-refractivity contribution in [2.24, 2.45) is 0 Å². The van der Waals surface area contributed by atoms with Crippen molar-refractivity contribution in [2.75, 3.05) is 6.61 Å². The van der Waals surface area contributed by atoms with Gasteiger partial charge in [0.15, 0.2) is 0 Å². The minimum Gasteiger partial charge on any atom is -0.378 e. The monoisotopic (exact) mass is 242 g/mol. The van der Waals surface area contributed by atoms with E-state index in [1.54, 1.807) is 6.07 Å². The van der Waals surface area contributed by atoms with Crippen molar-refractivity contribution >= 4 is 0 Å². The maximum atomic E-state index is 12.6. The first-order chi connectivity index (χ1) is 8.05. The molecule has 0 unspecified atom stereocenters. The smallest absolute Gasteiger partial charge is 0.378 e. The van der Waals surface area contributed by atoms with Crippen LogP contribution >= 0.6 is 0 Å². The lowest BCUT2D eigenvalue weighted by Crippen LogP contribution is -2.22. The largest absolute Gasteiger partial charge is 0.416 e. The van der Waals surface area contributed by atoms with Crippen LogP contribution in [0.1, 0.15) is 35.4 Å². The number of hydrogen-bond acceptors (Lipinski definition) is 1. The van der Waals surface area contributed by atoms with Crippen molar-refractivity contribution in [3.63, 3.8) is 0 Å². The molecule has 0 saturated carbocycles. The Morgan fingerprint density at radius 2 is 2.00 bits per heavy atom. The molecule has 4 heteroatoms. The van der Waals surface area contributed by atoms with Gasteiger partial charge in [0.25, 0.3) is 0 Å². The standard InChI is InChI=1S/C13H13F3O/c14-13(15,16)9-2-3-10-8(7-9)1-4-12-11(10)5-6-17-12/h2-3,7,11-12H,1,4-6H2/t11-,12+/m1/s1. The summed E-state index contributed by atoms with van der Waals surface area (Å²) in [7, 11) is 0. The van der Waals surface area contributed by atoms with E-state index >= 15 is 0 Å². The number of rotatable bonds is 0. The molecule has 1 aromatic carbocycles. The highest BCUT2D eigenvalue weighted by Crippen LogP contribution is 2.41. The molecule has 1 saturated heterocycles. The molecule has 3 rings (SSSR count). The van der Waals surface area contributed by atoms with Crippen LogP contribution in [0.25, 0.3) is 0 Å². The van der Waals surface area contributed by atoms with Crippen LogP contribution in [-0.4, -0.2) is 12.7 Å². The summed E-state index contributed by atoms with van der Waals surface area (Å²) < 4.78 is 43.4. The van der Waals surface area contributed by atoms with E-state index in [2.05, 4.69) is 0 Å². The van der Waals surface area contributed by atoms with E-state index in [9.17, 15) is 13.2 Å². The molecular weight excluding hydrogens is 229 g/mol. The molecule has 2 aliphatic rings. The lowest BCUT2D eigenvalue weighted by Gasteiger charge is -2.27. The van der Waals surface area contributed by atoms with Crippen molar-refractivity contribution in [3.8, 4) is 0 Å².